The van der Waals surface area contributed by atoms with Gasteiger partial charge in [-0.1, -0.05) is 0 Å². The normalized spacial score (nSPS) is 9.63. The molecule has 4 nitrogen and oxygen atoms in total. The maximum atomic E-state index is 10.0. The van der Waals surface area contributed by atoms with Gasteiger partial charge in [-0.15, -0.1) is 37.2 Å². The molecular weight excluding hydrogens is 309 g/mol. The molecule has 0 aliphatic heterocycles. The number of rotatable bonds is 4. The molecule has 0 saturated heterocycles. The van der Waals surface area contributed by atoms with Crippen molar-refractivity contribution >= 4 is 37.2 Å². The van der Waals surface area contributed by atoms with Crippen LogP contribution >= 0.6 is 37.2 Å². The lowest BCUT2D eigenvalue weighted by molar-refractivity contribution is 0.366. The van der Waals surface area contributed by atoms with Gasteiger partial charge in [0.2, 0.25) is 0 Å². The lowest BCUT2D eigenvalue weighted by Gasteiger charge is -2.18. The molecule has 0 spiro atoms. The molecule has 0 aromatic carbocycles. The number of aromatic hydroxyl groups is 1. The standard InChI is InChI=1S/C12H21N3O.3ClH/c1-9-12(16)11(8-15(4)5)10(6-13-9)7-14(2)3;;;/h6,16H,7-8H2,1-5H3;3*1H. The highest BCUT2D eigenvalue weighted by Crippen LogP contribution is 2.25. The van der Waals surface area contributed by atoms with Crippen molar-refractivity contribution in [1.82, 2.24) is 14.8 Å². The van der Waals surface area contributed by atoms with Crippen LogP contribution in [0.1, 0.15) is 16.8 Å². The molecule has 1 aromatic rings. The summed E-state index contributed by atoms with van der Waals surface area (Å²) in [6.07, 6.45) is 1.86. The number of aryl methyl sites for hydroxylation is 1. The molecule has 1 heterocycles. The smallest absolute Gasteiger partial charge is 0.141 e. The van der Waals surface area contributed by atoms with Gasteiger partial charge in [0.05, 0.1) is 5.69 Å². The lowest BCUT2D eigenvalue weighted by atomic mass is 10.1. The number of hydrogen-bond acceptors (Lipinski definition) is 4. The molecule has 0 aliphatic rings. The molecule has 0 unspecified atom stereocenters. The number of pyridine rings is 1. The Hall–Kier alpha value is -0.260. The van der Waals surface area contributed by atoms with Gasteiger partial charge in [0, 0.05) is 24.8 Å². The van der Waals surface area contributed by atoms with E-state index in [1.54, 1.807) is 0 Å². The second-order valence-electron chi connectivity index (χ2n) is 4.67. The summed E-state index contributed by atoms with van der Waals surface area (Å²) in [6.45, 7) is 3.36. The first kappa shape index (κ1) is 23.8. The van der Waals surface area contributed by atoms with Gasteiger partial charge in [0.15, 0.2) is 0 Å². The fraction of sp³-hybridized carbons (Fsp3) is 0.583. The molecule has 0 amide bonds. The fourth-order valence-corrected chi connectivity index (χ4v) is 1.65. The van der Waals surface area contributed by atoms with Crippen LogP contribution in [0.5, 0.6) is 5.75 Å². The summed E-state index contributed by atoms with van der Waals surface area (Å²) >= 11 is 0. The summed E-state index contributed by atoms with van der Waals surface area (Å²) in [7, 11) is 8.01. The Morgan fingerprint density at radius 2 is 1.47 bits per heavy atom. The number of halogens is 3. The minimum absolute atomic E-state index is 0. The average molecular weight is 333 g/mol. The van der Waals surface area contributed by atoms with Crippen LogP contribution in [-0.4, -0.2) is 48.1 Å². The van der Waals surface area contributed by atoms with E-state index in [9.17, 15) is 5.11 Å². The monoisotopic (exact) mass is 331 g/mol. The van der Waals surface area contributed by atoms with E-state index < -0.39 is 0 Å². The second-order valence-corrected chi connectivity index (χ2v) is 4.67. The molecular formula is C12H24Cl3N3O. The molecule has 1 aromatic heterocycles. The van der Waals surface area contributed by atoms with Crippen molar-refractivity contribution in [3.63, 3.8) is 0 Å². The quantitative estimate of drug-likeness (QED) is 0.919. The van der Waals surface area contributed by atoms with Gasteiger partial charge >= 0.3 is 0 Å². The molecule has 1 rings (SSSR count). The summed E-state index contributed by atoms with van der Waals surface area (Å²) in [5.41, 5.74) is 2.76. The molecule has 1 N–H and O–H groups in total. The van der Waals surface area contributed by atoms with Gasteiger partial charge in [-0.25, -0.2) is 0 Å². The van der Waals surface area contributed by atoms with Crippen LogP contribution in [0.3, 0.4) is 0 Å². The number of hydrogen-bond donors (Lipinski definition) is 1. The molecule has 0 saturated carbocycles. The number of nitrogens with zero attached hydrogens (tertiary/aromatic N) is 3. The van der Waals surface area contributed by atoms with Crippen molar-refractivity contribution in [1.29, 1.82) is 0 Å². The highest BCUT2D eigenvalue weighted by Gasteiger charge is 2.12. The minimum atomic E-state index is 0. The van der Waals surface area contributed by atoms with E-state index in [4.69, 9.17) is 0 Å². The third-order valence-electron chi connectivity index (χ3n) is 2.39. The van der Waals surface area contributed by atoms with E-state index in [-0.39, 0.29) is 37.2 Å². The predicted octanol–water partition coefficient (Wildman–Crippen LogP) is 2.48. The van der Waals surface area contributed by atoms with Crippen LogP contribution in [-0.2, 0) is 13.1 Å². The molecule has 0 fully saturated rings. The first-order valence-corrected chi connectivity index (χ1v) is 5.37. The summed E-state index contributed by atoms with van der Waals surface area (Å²) in [6, 6.07) is 0. The van der Waals surface area contributed by atoms with Gasteiger partial charge in [-0.05, 0) is 40.7 Å². The van der Waals surface area contributed by atoms with Gasteiger partial charge in [-0.2, -0.15) is 0 Å². The minimum Gasteiger partial charge on any atom is -0.506 e. The van der Waals surface area contributed by atoms with Gasteiger partial charge < -0.3 is 14.9 Å². The van der Waals surface area contributed by atoms with Crippen LogP contribution in [0, 0.1) is 6.92 Å². The zero-order valence-electron chi connectivity index (χ0n) is 12.0. The van der Waals surface area contributed by atoms with E-state index >= 15 is 0 Å². The maximum absolute atomic E-state index is 10.0. The Labute approximate surface area is 134 Å². The Kier molecular flexibility index (Phi) is 13.2. The molecule has 0 bridgehead atoms. The summed E-state index contributed by atoms with van der Waals surface area (Å²) in [5, 5.41) is 10.0. The summed E-state index contributed by atoms with van der Waals surface area (Å²) in [5.74, 6) is 0.327. The fourth-order valence-electron chi connectivity index (χ4n) is 1.65. The highest BCUT2D eigenvalue weighted by atomic mass is 35.5. The maximum Gasteiger partial charge on any atom is 0.141 e. The van der Waals surface area contributed by atoms with Crippen molar-refractivity contribution in [2.45, 2.75) is 20.0 Å². The van der Waals surface area contributed by atoms with Crippen molar-refractivity contribution in [3.8, 4) is 5.75 Å². The van der Waals surface area contributed by atoms with Crippen LogP contribution in [0.4, 0.5) is 0 Å². The van der Waals surface area contributed by atoms with E-state index in [0.29, 0.717) is 11.4 Å². The largest absolute Gasteiger partial charge is 0.506 e. The third kappa shape index (κ3) is 7.18. The van der Waals surface area contributed by atoms with Crippen molar-refractivity contribution < 1.29 is 5.11 Å². The van der Waals surface area contributed by atoms with E-state index in [1.807, 2.05) is 46.2 Å². The van der Waals surface area contributed by atoms with Crippen molar-refractivity contribution in [3.05, 3.63) is 23.0 Å². The predicted molar refractivity (Wildman–Crippen MR) is 87.2 cm³/mol. The molecule has 0 atom stereocenters. The Morgan fingerprint density at radius 1 is 1.00 bits per heavy atom. The molecule has 0 radical (unpaired) electrons. The first-order chi connectivity index (χ1) is 7.41. The van der Waals surface area contributed by atoms with Crippen LogP contribution in [0.25, 0.3) is 0 Å². The third-order valence-corrected chi connectivity index (χ3v) is 2.39. The summed E-state index contributed by atoms with van der Waals surface area (Å²) in [4.78, 5) is 8.33. The van der Waals surface area contributed by atoms with E-state index in [2.05, 4.69) is 9.88 Å². The van der Waals surface area contributed by atoms with E-state index in [1.165, 1.54) is 0 Å². The van der Waals surface area contributed by atoms with Crippen molar-refractivity contribution in [2.75, 3.05) is 28.2 Å². The van der Waals surface area contributed by atoms with Crippen LogP contribution in [0.15, 0.2) is 6.20 Å². The summed E-state index contributed by atoms with van der Waals surface area (Å²) < 4.78 is 0. The molecule has 7 heteroatoms. The lowest BCUT2D eigenvalue weighted by Crippen LogP contribution is -2.17. The van der Waals surface area contributed by atoms with Crippen LogP contribution in [0.2, 0.25) is 0 Å². The van der Waals surface area contributed by atoms with Gasteiger partial charge in [-0.3, -0.25) is 4.98 Å². The highest BCUT2D eigenvalue weighted by molar-refractivity contribution is 5.86. The first-order valence-electron chi connectivity index (χ1n) is 5.37. The molecule has 19 heavy (non-hydrogen) atoms. The Balaban J connectivity index is -0.000000853. The van der Waals surface area contributed by atoms with E-state index in [0.717, 1.165) is 24.2 Å². The topological polar surface area (TPSA) is 39.6 Å². The average Bonchev–Trinajstić information content (AvgIpc) is 2.16. The molecule has 0 aliphatic carbocycles. The van der Waals surface area contributed by atoms with Gasteiger partial charge in [0.25, 0.3) is 0 Å². The SMILES string of the molecule is Cc1ncc(CN(C)C)c(CN(C)C)c1O.Cl.Cl.Cl. The molecule has 114 valence electrons. The second kappa shape index (κ2) is 10.5. The Morgan fingerprint density at radius 3 is 1.89 bits per heavy atom. The zero-order valence-corrected chi connectivity index (χ0v) is 14.5. The Bertz CT molecular complexity index is 373. The van der Waals surface area contributed by atoms with Crippen molar-refractivity contribution in [2.24, 2.45) is 0 Å². The number of aromatic nitrogens is 1. The van der Waals surface area contributed by atoms with Crippen LogP contribution < -0.4 is 0 Å². The van der Waals surface area contributed by atoms with Gasteiger partial charge in [0.1, 0.15) is 5.75 Å². The zero-order chi connectivity index (χ0) is 12.3.